The van der Waals surface area contributed by atoms with Crippen LogP contribution in [0.2, 0.25) is 0 Å². The van der Waals surface area contributed by atoms with E-state index in [-0.39, 0.29) is 11.9 Å². The average Bonchev–Trinajstić information content (AvgIpc) is 2.17. The molecule has 3 heteroatoms. The summed E-state index contributed by atoms with van der Waals surface area (Å²) < 4.78 is 0. The molecule has 0 aromatic rings. The van der Waals surface area contributed by atoms with Gasteiger partial charge in [-0.2, -0.15) is 0 Å². The standard InChI is InChI=1S/C10H8O3/c1-7-2-4-8(5-3-7)10(13)9(12)6-11/h2,4-6H,1,3H2. The molecule has 0 radical (unpaired) electrons. The van der Waals surface area contributed by atoms with E-state index in [1.165, 1.54) is 6.08 Å². The minimum Gasteiger partial charge on any atom is -0.294 e. The smallest absolute Gasteiger partial charge is 0.265 e. The molecule has 66 valence electrons. The molecule has 0 aromatic heterocycles. The SMILES string of the molecule is C=C1C=CC(C(=O)C(=O)C=O)=CC1. The second-order valence-electron chi connectivity index (χ2n) is 2.67. The van der Waals surface area contributed by atoms with Crippen molar-refractivity contribution in [2.75, 3.05) is 0 Å². The summed E-state index contributed by atoms with van der Waals surface area (Å²) in [5.41, 5.74) is 1.14. The lowest BCUT2D eigenvalue weighted by molar-refractivity contribution is -0.138. The molecule has 0 aliphatic heterocycles. The molecule has 1 aliphatic rings. The fourth-order valence-electron chi connectivity index (χ4n) is 0.949. The molecule has 0 aromatic carbocycles. The number of Topliss-reactive ketones (excluding diaryl/α,β-unsaturated/α-hetero) is 2. The van der Waals surface area contributed by atoms with Gasteiger partial charge in [0.1, 0.15) is 0 Å². The fraction of sp³-hybridized carbons (Fsp3) is 0.100. The van der Waals surface area contributed by atoms with Gasteiger partial charge in [0, 0.05) is 5.57 Å². The van der Waals surface area contributed by atoms with Crippen LogP contribution in [0.15, 0.2) is 36.0 Å². The van der Waals surface area contributed by atoms with Gasteiger partial charge in [0.05, 0.1) is 0 Å². The largest absolute Gasteiger partial charge is 0.294 e. The van der Waals surface area contributed by atoms with Crippen molar-refractivity contribution < 1.29 is 14.4 Å². The van der Waals surface area contributed by atoms with Gasteiger partial charge in [-0.1, -0.05) is 30.4 Å². The predicted molar refractivity (Wildman–Crippen MR) is 47.1 cm³/mol. The summed E-state index contributed by atoms with van der Waals surface area (Å²) in [6.45, 7) is 3.68. The Bertz CT molecular complexity index is 345. The number of hydrogen-bond acceptors (Lipinski definition) is 3. The first-order valence-electron chi connectivity index (χ1n) is 3.75. The van der Waals surface area contributed by atoms with E-state index in [2.05, 4.69) is 6.58 Å². The van der Waals surface area contributed by atoms with Crippen LogP contribution in [0.1, 0.15) is 6.42 Å². The third-order valence-electron chi connectivity index (χ3n) is 1.68. The predicted octanol–water partition coefficient (Wildman–Crippen LogP) is 0.766. The van der Waals surface area contributed by atoms with Crippen LogP contribution in [-0.2, 0) is 14.4 Å². The zero-order chi connectivity index (χ0) is 9.84. The molecule has 0 spiro atoms. The van der Waals surface area contributed by atoms with Gasteiger partial charge in [0.25, 0.3) is 5.78 Å². The quantitative estimate of drug-likeness (QED) is 0.362. The Hall–Kier alpha value is -1.77. The van der Waals surface area contributed by atoms with E-state index in [4.69, 9.17) is 0 Å². The molecular weight excluding hydrogens is 168 g/mol. The van der Waals surface area contributed by atoms with Crippen LogP contribution in [0.5, 0.6) is 0 Å². The highest BCUT2D eigenvalue weighted by Crippen LogP contribution is 2.14. The molecule has 0 bridgehead atoms. The minimum absolute atomic E-state index is 0.0282. The molecule has 0 amide bonds. The second-order valence-corrected chi connectivity index (χ2v) is 2.67. The first-order chi connectivity index (χ1) is 6.15. The van der Waals surface area contributed by atoms with Gasteiger partial charge < -0.3 is 0 Å². The molecule has 0 atom stereocenters. The van der Waals surface area contributed by atoms with Gasteiger partial charge in [0.2, 0.25) is 5.78 Å². The number of allylic oxidation sites excluding steroid dienone is 5. The number of rotatable bonds is 3. The Morgan fingerprint density at radius 3 is 2.54 bits per heavy atom. The molecule has 0 N–H and O–H groups in total. The Balaban J connectivity index is 2.81. The van der Waals surface area contributed by atoms with Gasteiger partial charge in [-0.15, -0.1) is 0 Å². The average molecular weight is 176 g/mol. The van der Waals surface area contributed by atoms with Crippen LogP contribution in [-0.4, -0.2) is 17.9 Å². The molecule has 0 saturated heterocycles. The zero-order valence-electron chi connectivity index (χ0n) is 6.95. The second kappa shape index (κ2) is 3.76. The zero-order valence-corrected chi connectivity index (χ0v) is 6.95. The summed E-state index contributed by atoms with van der Waals surface area (Å²) >= 11 is 0. The highest BCUT2D eigenvalue weighted by atomic mass is 16.2. The van der Waals surface area contributed by atoms with E-state index in [1.807, 2.05) is 0 Å². The lowest BCUT2D eigenvalue weighted by atomic mass is 9.99. The summed E-state index contributed by atoms with van der Waals surface area (Å²) in [5.74, 6) is -1.76. The number of aldehydes is 1. The highest BCUT2D eigenvalue weighted by molar-refractivity contribution is 6.61. The lowest BCUT2D eigenvalue weighted by Crippen LogP contribution is -2.17. The number of carbonyl (C=O) groups excluding carboxylic acids is 3. The van der Waals surface area contributed by atoms with Gasteiger partial charge in [0.15, 0.2) is 6.29 Å². The van der Waals surface area contributed by atoms with Crippen molar-refractivity contribution in [2.24, 2.45) is 0 Å². The molecule has 0 heterocycles. The lowest BCUT2D eigenvalue weighted by Gasteiger charge is -2.04. The Morgan fingerprint density at radius 2 is 2.08 bits per heavy atom. The normalized spacial score (nSPS) is 15.1. The van der Waals surface area contributed by atoms with Gasteiger partial charge in [-0.05, 0) is 6.42 Å². The van der Waals surface area contributed by atoms with Crippen molar-refractivity contribution in [3.8, 4) is 0 Å². The summed E-state index contributed by atoms with van der Waals surface area (Å²) in [6, 6.07) is 0. The van der Waals surface area contributed by atoms with E-state index >= 15 is 0 Å². The van der Waals surface area contributed by atoms with Crippen LogP contribution in [0.4, 0.5) is 0 Å². The highest BCUT2D eigenvalue weighted by Gasteiger charge is 2.16. The van der Waals surface area contributed by atoms with Crippen LogP contribution >= 0.6 is 0 Å². The van der Waals surface area contributed by atoms with Crippen molar-refractivity contribution in [3.05, 3.63) is 36.0 Å². The van der Waals surface area contributed by atoms with Crippen LogP contribution in [0, 0.1) is 0 Å². The van der Waals surface area contributed by atoms with E-state index in [0.717, 1.165) is 5.57 Å². The fourth-order valence-corrected chi connectivity index (χ4v) is 0.949. The Morgan fingerprint density at radius 1 is 1.38 bits per heavy atom. The van der Waals surface area contributed by atoms with E-state index < -0.39 is 11.6 Å². The van der Waals surface area contributed by atoms with Crippen molar-refractivity contribution in [1.29, 1.82) is 0 Å². The molecule has 1 aliphatic carbocycles. The first kappa shape index (κ1) is 9.32. The van der Waals surface area contributed by atoms with E-state index in [9.17, 15) is 14.4 Å². The van der Waals surface area contributed by atoms with Gasteiger partial charge in [-0.3, -0.25) is 14.4 Å². The van der Waals surface area contributed by atoms with E-state index in [0.29, 0.717) is 6.42 Å². The first-order valence-corrected chi connectivity index (χ1v) is 3.75. The Labute approximate surface area is 75.4 Å². The van der Waals surface area contributed by atoms with Gasteiger partial charge >= 0.3 is 0 Å². The molecule has 0 saturated carbocycles. The van der Waals surface area contributed by atoms with Crippen LogP contribution in [0.25, 0.3) is 0 Å². The molecule has 1 rings (SSSR count). The summed E-state index contributed by atoms with van der Waals surface area (Å²) in [7, 11) is 0. The molecular formula is C10H8O3. The third kappa shape index (κ3) is 2.08. The van der Waals surface area contributed by atoms with Gasteiger partial charge in [-0.25, -0.2) is 0 Å². The number of hydrogen-bond donors (Lipinski definition) is 0. The van der Waals surface area contributed by atoms with Crippen LogP contribution in [0.3, 0.4) is 0 Å². The summed E-state index contributed by atoms with van der Waals surface area (Å²) in [6.07, 6.45) is 5.32. The van der Waals surface area contributed by atoms with Crippen molar-refractivity contribution in [2.45, 2.75) is 6.42 Å². The van der Waals surface area contributed by atoms with Crippen LogP contribution < -0.4 is 0 Å². The van der Waals surface area contributed by atoms with Crippen molar-refractivity contribution >= 4 is 17.9 Å². The third-order valence-corrected chi connectivity index (χ3v) is 1.68. The minimum atomic E-state index is -1.01. The number of ketones is 2. The van der Waals surface area contributed by atoms with Crippen molar-refractivity contribution in [1.82, 2.24) is 0 Å². The molecule has 0 fully saturated rings. The maximum absolute atomic E-state index is 11.1. The maximum atomic E-state index is 11.1. The molecule has 0 unspecified atom stereocenters. The van der Waals surface area contributed by atoms with Crippen molar-refractivity contribution in [3.63, 3.8) is 0 Å². The maximum Gasteiger partial charge on any atom is 0.265 e. The number of carbonyl (C=O) groups is 3. The van der Waals surface area contributed by atoms with E-state index in [1.54, 1.807) is 12.2 Å². The monoisotopic (exact) mass is 176 g/mol. The summed E-state index contributed by atoms with van der Waals surface area (Å²) in [5, 5.41) is 0. The molecule has 13 heavy (non-hydrogen) atoms. The Kier molecular flexibility index (Phi) is 2.69. The topological polar surface area (TPSA) is 51.2 Å². The molecule has 3 nitrogen and oxygen atoms in total. The summed E-state index contributed by atoms with van der Waals surface area (Å²) in [4.78, 5) is 31.8.